The van der Waals surface area contributed by atoms with E-state index in [1.54, 1.807) is 11.3 Å². The second kappa shape index (κ2) is 19.3. The van der Waals surface area contributed by atoms with E-state index in [1.807, 2.05) is 0 Å². The van der Waals surface area contributed by atoms with Crippen molar-refractivity contribution in [2.45, 2.75) is 146 Å². The highest BCUT2D eigenvalue weighted by molar-refractivity contribution is 9.28. The molecule has 4 nitrogen and oxygen atoms in total. The second-order valence-corrected chi connectivity index (χ2v) is 18.8. The van der Waals surface area contributed by atoms with Gasteiger partial charge < -0.3 is 10.2 Å². The first kappa shape index (κ1) is 37.9. The van der Waals surface area contributed by atoms with Gasteiger partial charge in [0.15, 0.2) is 2.57 Å². The smallest absolute Gasteiger partial charge is 0.328 e. The summed E-state index contributed by atoms with van der Waals surface area (Å²) in [5.41, 5.74) is -0.286. The van der Waals surface area contributed by atoms with Gasteiger partial charge in [0, 0.05) is 9.78 Å². The molecule has 2 heterocycles. The van der Waals surface area contributed by atoms with Crippen molar-refractivity contribution in [1.82, 2.24) is 0 Å². The number of carboxylic acids is 2. The number of rotatable bonds is 23. The molecule has 2 unspecified atom stereocenters. The van der Waals surface area contributed by atoms with Crippen LogP contribution < -0.4 is 0 Å². The highest BCUT2D eigenvalue weighted by Gasteiger charge is 2.68. The molecule has 1 aliphatic rings. The number of alkyl halides is 2. The second-order valence-electron chi connectivity index (χ2n) is 12.2. The van der Waals surface area contributed by atoms with Gasteiger partial charge in [-0.05, 0) is 47.3 Å². The van der Waals surface area contributed by atoms with Gasteiger partial charge in [0.1, 0.15) is 0 Å². The normalized spacial score (nSPS) is 17.5. The predicted molar refractivity (Wildman–Crippen MR) is 189 cm³/mol. The molecule has 0 bridgehead atoms. The van der Waals surface area contributed by atoms with Crippen LogP contribution in [0.2, 0.25) is 0 Å². The Labute approximate surface area is 280 Å². The number of carboxylic acid groups (broad SMARTS) is 2. The van der Waals surface area contributed by atoms with Gasteiger partial charge in [-0.3, -0.25) is 9.59 Å². The van der Waals surface area contributed by atoms with E-state index in [2.05, 4.69) is 71.0 Å². The number of aliphatic carboxylic acids is 2. The van der Waals surface area contributed by atoms with Crippen LogP contribution >= 0.6 is 55.0 Å². The molecule has 1 aromatic heterocycles. The Kier molecular flexibility index (Phi) is 17.4. The zero-order valence-corrected chi connectivity index (χ0v) is 31.1. The van der Waals surface area contributed by atoms with Crippen LogP contribution in [0.4, 0.5) is 0 Å². The van der Waals surface area contributed by atoms with E-state index in [9.17, 15) is 19.8 Å². The first-order chi connectivity index (χ1) is 20.1. The molecule has 0 fully saturated rings. The summed E-state index contributed by atoms with van der Waals surface area (Å²) in [5, 5.41) is 23.4. The SMILES string of the molecule is CCCCCCC(CCCC)CC1=C(c2sccc2CC(CCCC)CCCCCC)SC(Br)(Br)C1(C(=O)O)C(=O)O. The van der Waals surface area contributed by atoms with Crippen LogP contribution in [0.3, 0.4) is 0 Å². The summed E-state index contributed by atoms with van der Waals surface area (Å²) in [4.78, 5) is 28.1. The van der Waals surface area contributed by atoms with E-state index in [0.29, 0.717) is 17.9 Å². The maximum absolute atomic E-state index is 13.1. The minimum absolute atomic E-state index is 0.263. The van der Waals surface area contributed by atoms with Gasteiger partial charge in [-0.2, -0.15) is 0 Å². The van der Waals surface area contributed by atoms with Crippen LogP contribution in [0.25, 0.3) is 4.91 Å². The summed E-state index contributed by atoms with van der Waals surface area (Å²) in [5.74, 6) is -1.77. The first-order valence-electron chi connectivity index (χ1n) is 16.4. The molecule has 0 radical (unpaired) electrons. The van der Waals surface area contributed by atoms with Crippen LogP contribution in [0.1, 0.15) is 147 Å². The molecule has 0 spiro atoms. The van der Waals surface area contributed by atoms with Crippen LogP contribution in [0.15, 0.2) is 17.0 Å². The lowest BCUT2D eigenvalue weighted by molar-refractivity contribution is -0.160. The molecule has 0 saturated heterocycles. The average Bonchev–Trinajstić information content (AvgIpc) is 3.49. The summed E-state index contributed by atoms with van der Waals surface area (Å²) in [6, 6.07) is 2.20. The first-order valence-corrected chi connectivity index (χ1v) is 19.7. The maximum atomic E-state index is 13.1. The third-order valence-electron chi connectivity index (χ3n) is 8.85. The predicted octanol–water partition coefficient (Wildman–Crippen LogP) is 12.3. The van der Waals surface area contributed by atoms with E-state index in [-0.39, 0.29) is 5.92 Å². The standard InChI is InChI=1S/C34H54Br2O4S2/c1-5-9-13-15-19-25(17-11-7-3)23-27-21-22-41-29(27)30-28(24-26(18-12-8-4)20-16-14-10-6-2)33(31(37)38,32(39)40)34(35,36)42-30/h21-22,25-26H,5-20,23-24H2,1-4H3,(H,37,38)(H,39,40). The van der Waals surface area contributed by atoms with Gasteiger partial charge >= 0.3 is 11.9 Å². The van der Waals surface area contributed by atoms with Gasteiger partial charge in [0.2, 0.25) is 5.41 Å². The van der Waals surface area contributed by atoms with Crippen LogP contribution in [-0.4, -0.2) is 24.7 Å². The van der Waals surface area contributed by atoms with Crippen molar-refractivity contribution in [3.8, 4) is 0 Å². The molecule has 0 aliphatic carbocycles. The Bertz CT molecular complexity index is 989. The van der Waals surface area contributed by atoms with Crippen molar-refractivity contribution in [1.29, 1.82) is 0 Å². The fourth-order valence-corrected chi connectivity index (χ4v) is 10.9. The van der Waals surface area contributed by atoms with E-state index >= 15 is 0 Å². The largest absolute Gasteiger partial charge is 0.480 e. The van der Waals surface area contributed by atoms with Crippen molar-refractivity contribution < 1.29 is 19.8 Å². The lowest BCUT2D eigenvalue weighted by Gasteiger charge is -2.33. The zero-order chi connectivity index (χ0) is 31.2. The Hall–Kier alpha value is -0.310. The highest BCUT2D eigenvalue weighted by atomic mass is 79.9. The number of hydrogen-bond acceptors (Lipinski definition) is 4. The lowest BCUT2D eigenvalue weighted by atomic mass is 9.75. The number of halogens is 2. The topological polar surface area (TPSA) is 74.6 Å². The van der Waals surface area contributed by atoms with E-state index in [1.165, 1.54) is 81.5 Å². The molecular weight excluding hydrogens is 696 g/mol. The van der Waals surface area contributed by atoms with Crippen LogP contribution in [0, 0.1) is 17.3 Å². The molecule has 0 amide bonds. The molecule has 2 rings (SSSR count). The van der Waals surface area contributed by atoms with Crippen molar-refractivity contribution in [3.63, 3.8) is 0 Å². The Morgan fingerprint density at radius 3 is 1.69 bits per heavy atom. The van der Waals surface area contributed by atoms with Crippen LogP contribution in [-0.2, 0) is 16.0 Å². The van der Waals surface area contributed by atoms with E-state index in [0.717, 1.165) is 54.7 Å². The van der Waals surface area contributed by atoms with Crippen molar-refractivity contribution in [2.24, 2.45) is 17.3 Å². The molecule has 1 aromatic rings. The maximum Gasteiger partial charge on any atom is 0.328 e. The molecule has 0 aromatic carbocycles. The van der Waals surface area contributed by atoms with Crippen molar-refractivity contribution in [2.75, 3.05) is 0 Å². The summed E-state index contributed by atoms with van der Waals surface area (Å²) < 4.78 is -1.37. The summed E-state index contributed by atoms with van der Waals surface area (Å²) >= 11 is 10.2. The molecule has 42 heavy (non-hydrogen) atoms. The van der Waals surface area contributed by atoms with E-state index in [4.69, 9.17) is 0 Å². The third-order valence-corrected chi connectivity index (χ3v) is 13.3. The molecule has 2 N–H and O–H groups in total. The molecule has 240 valence electrons. The van der Waals surface area contributed by atoms with E-state index < -0.39 is 19.9 Å². The van der Waals surface area contributed by atoms with Gasteiger partial charge in [-0.25, -0.2) is 0 Å². The average molecular weight is 751 g/mol. The number of hydrogen-bond donors (Lipinski definition) is 2. The van der Waals surface area contributed by atoms with Gasteiger partial charge in [0.25, 0.3) is 0 Å². The number of carbonyl (C=O) groups is 2. The monoisotopic (exact) mass is 748 g/mol. The zero-order valence-electron chi connectivity index (χ0n) is 26.3. The lowest BCUT2D eigenvalue weighted by Crippen LogP contribution is -2.49. The fourth-order valence-electron chi connectivity index (χ4n) is 6.34. The quantitative estimate of drug-likeness (QED) is 0.0662. The Balaban J connectivity index is 2.57. The van der Waals surface area contributed by atoms with Crippen molar-refractivity contribution >= 4 is 71.8 Å². The molecule has 2 atom stereocenters. The van der Waals surface area contributed by atoms with Crippen molar-refractivity contribution in [3.05, 3.63) is 27.5 Å². The van der Waals surface area contributed by atoms with Crippen LogP contribution in [0.5, 0.6) is 0 Å². The highest BCUT2D eigenvalue weighted by Crippen LogP contribution is 2.69. The fraction of sp³-hybridized carbons (Fsp3) is 0.765. The molecule has 0 saturated carbocycles. The minimum Gasteiger partial charge on any atom is -0.480 e. The van der Waals surface area contributed by atoms with Gasteiger partial charge in [0.05, 0.1) is 0 Å². The Morgan fingerprint density at radius 1 is 0.738 bits per heavy atom. The number of unbranched alkanes of at least 4 members (excludes halogenated alkanes) is 8. The summed E-state index contributed by atoms with van der Waals surface area (Å²) in [6.07, 6.45) is 20.0. The number of thioether (sulfide) groups is 1. The van der Waals surface area contributed by atoms with Gasteiger partial charge in [-0.1, -0.05) is 174 Å². The minimum atomic E-state index is -2.09. The summed E-state index contributed by atoms with van der Waals surface area (Å²) in [6.45, 7) is 8.88. The number of thiophene rings is 1. The summed E-state index contributed by atoms with van der Waals surface area (Å²) in [7, 11) is 0. The molecular formula is C34H54Br2O4S2. The molecule has 8 heteroatoms. The Morgan fingerprint density at radius 2 is 1.21 bits per heavy atom. The molecule has 1 aliphatic heterocycles. The third kappa shape index (κ3) is 9.84. The van der Waals surface area contributed by atoms with Gasteiger partial charge in [-0.15, -0.1) is 11.3 Å².